The molecule has 26 heavy (non-hydrogen) atoms. The molecule has 5 nitrogen and oxygen atoms in total. The highest BCUT2D eigenvalue weighted by atomic mass is 16.6. The Morgan fingerprint density at radius 3 is 2.19 bits per heavy atom. The summed E-state index contributed by atoms with van der Waals surface area (Å²) in [5.41, 5.74) is 0.461. The van der Waals surface area contributed by atoms with E-state index in [1.807, 2.05) is 30.3 Å². The highest BCUT2D eigenvalue weighted by Crippen LogP contribution is 2.21. The van der Waals surface area contributed by atoms with Gasteiger partial charge in [0.1, 0.15) is 11.6 Å². The first-order chi connectivity index (χ1) is 12.1. The summed E-state index contributed by atoms with van der Waals surface area (Å²) in [7, 11) is 0. The highest BCUT2D eigenvalue weighted by Gasteiger charge is 2.27. The van der Waals surface area contributed by atoms with E-state index in [0.29, 0.717) is 6.42 Å². The summed E-state index contributed by atoms with van der Waals surface area (Å²) in [6.45, 7) is 11.6. The third-order valence-electron chi connectivity index (χ3n) is 3.98. The van der Waals surface area contributed by atoms with Crippen molar-refractivity contribution >= 4 is 12.0 Å². The molecule has 146 valence electrons. The van der Waals surface area contributed by atoms with E-state index in [9.17, 15) is 9.59 Å². The van der Waals surface area contributed by atoms with E-state index in [4.69, 9.17) is 4.74 Å². The number of benzene rings is 1. The van der Waals surface area contributed by atoms with Crippen LogP contribution in [0.15, 0.2) is 30.3 Å². The molecule has 0 aliphatic carbocycles. The molecule has 2 amide bonds. The van der Waals surface area contributed by atoms with E-state index in [2.05, 4.69) is 31.4 Å². The second kappa shape index (κ2) is 10.2. The minimum atomic E-state index is -0.602. The number of unbranched alkanes of at least 4 members (excludes halogenated alkanes) is 1. The number of hydrogen-bond donors (Lipinski definition) is 2. The lowest BCUT2D eigenvalue weighted by Crippen LogP contribution is -2.49. The smallest absolute Gasteiger partial charge is 0.408 e. The molecule has 1 unspecified atom stereocenters. The lowest BCUT2D eigenvalue weighted by molar-refractivity contribution is -0.124. The van der Waals surface area contributed by atoms with Crippen LogP contribution in [0.4, 0.5) is 4.79 Å². The van der Waals surface area contributed by atoms with Gasteiger partial charge in [0.15, 0.2) is 0 Å². The first kappa shape index (κ1) is 22.0. The van der Waals surface area contributed by atoms with Crippen LogP contribution in [0.3, 0.4) is 0 Å². The minimum Gasteiger partial charge on any atom is -0.444 e. The van der Waals surface area contributed by atoms with Crippen LogP contribution in [0.5, 0.6) is 0 Å². The molecule has 0 aliphatic rings. The predicted octanol–water partition coefficient (Wildman–Crippen LogP) is 4.58. The van der Waals surface area contributed by atoms with Crippen molar-refractivity contribution in [1.29, 1.82) is 0 Å². The third-order valence-corrected chi connectivity index (χ3v) is 3.98. The van der Waals surface area contributed by atoms with Gasteiger partial charge in [-0.1, -0.05) is 63.9 Å². The van der Waals surface area contributed by atoms with Crippen LogP contribution in [0, 0.1) is 5.92 Å². The van der Waals surface area contributed by atoms with E-state index in [1.165, 1.54) is 0 Å². The van der Waals surface area contributed by atoms with Crippen molar-refractivity contribution < 1.29 is 14.3 Å². The van der Waals surface area contributed by atoms with Gasteiger partial charge in [-0.2, -0.15) is 0 Å². The zero-order chi connectivity index (χ0) is 19.7. The fraction of sp³-hybridized carbons (Fsp3) is 0.619. The molecular formula is C21H34N2O3. The molecule has 0 aliphatic heterocycles. The zero-order valence-electron chi connectivity index (χ0n) is 17.0. The fourth-order valence-corrected chi connectivity index (χ4v) is 2.68. The van der Waals surface area contributed by atoms with Crippen LogP contribution in [-0.4, -0.2) is 23.6 Å². The molecule has 5 heteroatoms. The fourth-order valence-electron chi connectivity index (χ4n) is 2.68. The van der Waals surface area contributed by atoms with E-state index >= 15 is 0 Å². The van der Waals surface area contributed by atoms with Gasteiger partial charge in [0.25, 0.3) is 0 Å². The zero-order valence-corrected chi connectivity index (χ0v) is 17.0. The van der Waals surface area contributed by atoms with Gasteiger partial charge in [0.05, 0.1) is 6.04 Å². The van der Waals surface area contributed by atoms with Crippen molar-refractivity contribution in [2.45, 2.75) is 78.5 Å². The summed E-state index contributed by atoms with van der Waals surface area (Å²) in [6, 6.07) is 9.19. The van der Waals surface area contributed by atoms with Crippen molar-refractivity contribution in [3.63, 3.8) is 0 Å². The number of alkyl carbamates (subject to hydrolysis) is 1. The van der Waals surface area contributed by atoms with E-state index in [-0.39, 0.29) is 17.9 Å². The number of rotatable bonds is 8. The minimum absolute atomic E-state index is 0.103. The van der Waals surface area contributed by atoms with E-state index < -0.39 is 17.7 Å². The number of nitrogens with one attached hydrogen (secondary N) is 2. The Balaban J connectivity index is 2.84. The van der Waals surface area contributed by atoms with Crippen molar-refractivity contribution in [2.24, 2.45) is 5.92 Å². The molecule has 0 saturated heterocycles. The number of amides is 2. The summed E-state index contributed by atoms with van der Waals surface area (Å²) >= 11 is 0. The number of hydrogen-bond acceptors (Lipinski definition) is 3. The van der Waals surface area contributed by atoms with Crippen LogP contribution in [-0.2, 0) is 9.53 Å². The normalized spacial score (nSPS) is 13.8. The highest BCUT2D eigenvalue weighted by molar-refractivity contribution is 5.86. The summed E-state index contributed by atoms with van der Waals surface area (Å²) in [5, 5.41) is 5.83. The van der Waals surface area contributed by atoms with Gasteiger partial charge in [-0.3, -0.25) is 4.79 Å². The second-order valence-corrected chi connectivity index (χ2v) is 7.98. The molecule has 0 saturated carbocycles. The number of ether oxygens (including phenoxy) is 1. The first-order valence-electron chi connectivity index (χ1n) is 9.49. The van der Waals surface area contributed by atoms with E-state index in [0.717, 1.165) is 18.4 Å². The Kier molecular flexibility index (Phi) is 8.62. The Bertz CT molecular complexity index is 564. The predicted molar refractivity (Wildman–Crippen MR) is 105 cm³/mol. The molecule has 0 bridgehead atoms. The van der Waals surface area contributed by atoms with Crippen molar-refractivity contribution in [2.75, 3.05) is 0 Å². The quantitative estimate of drug-likeness (QED) is 0.711. The topological polar surface area (TPSA) is 67.4 Å². The van der Waals surface area contributed by atoms with Gasteiger partial charge in [-0.25, -0.2) is 4.79 Å². The van der Waals surface area contributed by atoms with Crippen LogP contribution >= 0.6 is 0 Å². The van der Waals surface area contributed by atoms with Crippen molar-refractivity contribution in [3.05, 3.63) is 35.9 Å². The standard InChI is InChI=1S/C21H34N2O3/c1-7-8-14-17(22-20(25)26-21(4,5)6)19(24)23-18(15(2)3)16-12-10-9-11-13-16/h9-13,15,17-18H,7-8,14H2,1-6H3,(H,22,25)(H,23,24)/t17-,18?/m0/s1. The average molecular weight is 363 g/mol. The SMILES string of the molecule is CCCC[C@H](NC(=O)OC(C)(C)C)C(=O)NC(c1ccccc1)C(C)C. The lowest BCUT2D eigenvalue weighted by Gasteiger charge is -2.27. The summed E-state index contributed by atoms with van der Waals surface area (Å²) in [6.07, 6.45) is 1.83. The number of carbonyl (C=O) groups excluding carboxylic acids is 2. The molecule has 2 atom stereocenters. The Labute approximate surface area is 157 Å². The summed E-state index contributed by atoms with van der Waals surface area (Å²) in [5.74, 6) is 0.0570. The molecule has 2 N–H and O–H groups in total. The Hall–Kier alpha value is -2.04. The molecule has 1 rings (SSSR count). The van der Waals surface area contributed by atoms with Gasteiger partial charge < -0.3 is 15.4 Å². The van der Waals surface area contributed by atoms with Crippen LogP contribution in [0.25, 0.3) is 0 Å². The second-order valence-electron chi connectivity index (χ2n) is 7.98. The van der Waals surface area contributed by atoms with E-state index in [1.54, 1.807) is 20.8 Å². The van der Waals surface area contributed by atoms with Crippen LogP contribution in [0.2, 0.25) is 0 Å². The van der Waals surface area contributed by atoms with Gasteiger partial charge >= 0.3 is 6.09 Å². The molecule has 0 heterocycles. The van der Waals surface area contributed by atoms with Crippen molar-refractivity contribution in [3.8, 4) is 0 Å². The molecule has 0 spiro atoms. The molecule has 1 aromatic carbocycles. The monoisotopic (exact) mass is 362 g/mol. The third kappa shape index (κ3) is 7.89. The molecule has 0 aromatic heterocycles. The number of carbonyl (C=O) groups is 2. The lowest BCUT2D eigenvalue weighted by atomic mass is 9.95. The largest absolute Gasteiger partial charge is 0.444 e. The van der Waals surface area contributed by atoms with Crippen LogP contribution < -0.4 is 10.6 Å². The summed E-state index contributed by atoms with van der Waals surface area (Å²) in [4.78, 5) is 25.0. The maximum atomic E-state index is 12.9. The maximum absolute atomic E-state index is 12.9. The Morgan fingerprint density at radius 2 is 1.69 bits per heavy atom. The van der Waals surface area contributed by atoms with Gasteiger partial charge in [-0.15, -0.1) is 0 Å². The first-order valence-corrected chi connectivity index (χ1v) is 9.49. The van der Waals surface area contributed by atoms with Crippen LogP contribution in [0.1, 0.15) is 72.4 Å². The molecule has 1 aromatic rings. The van der Waals surface area contributed by atoms with Gasteiger partial charge in [0.2, 0.25) is 5.91 Å². The van der Waals surface area contributed by atoms with Crippen molar-refractivity contribution in [1.82, 2.24) is 10.6 Å². The molecule has 0 fully saturated rings. The van der Waals surface area contributed by atoms with Gasteiger partial charge in [0, 0.05) is 0 Å². The van der Waals surface area contributed by atoms with Gasteiger partial charge in [-0.05, 0) is 38.7 Å². The molecule has 0 radical (unpaired) electrons. The Morgan fingerprint density at radius 1 is 1.08 bits per heavy atom. The average Bonchev–Trinajstić information content (AvgIpc) is 2.55. The maximum Gasteiger partial charge on any atom is 0.408 e. The summed E-state index contributed by atoms with van der Waals surface area (Å²) < 4.78 is 5.31. The molecular weight excluding hydrogens is 328 g/mol.